The van der Waals surface area contributed by atoms with Gasteiger partial charge in [0.2, 0.25) is 0 Å². The summed E-state index contributed by atoms with van der Waals surface area (Å²) in [5, 5.41) is 12.0. The van der Waals surface area contributed by atoms with Gasteiger partial charge in [-0.3, -0.25) is 0 Å². The van der Waals surface area contributed by atoms with Gasteiger partial charge in [0, 0.05) is 49.4 Å². The summed E-state index contributed by atoms with van der Waals surface area (Å²) in [6, 6.07) is 8.58. The van der Waals surface area contributed by atoms with Crippen LogP contribution in [0.2, 0.25) is 0 Å². The van der Waals surface area contributed by atoms with Crippen LogP contribution < -0.4 is 19.7 Å². The van der Waals surface area contributed by atoms with Crippen molar-refractivity contribution in [2.45, 2.75) is 44.9 Å². The maximum absolute atomic E-state index is 6.04. The van der Waals surface area contributed by atoms with Crippen LogP contribution >= 0.6 is 0 Å². The number of rotatable bonds is 5. The fraction of sp³-hybridized carbons (Fsp3) is 0.500. The van der Waals surface area contributed by atoms with Crippen molar-refractivity contribution >= 4 is 5.82 Å². The minimum atomic E-state index is 0.234. The van der Waals surface area contributed by atoms with Crippen molar-refractivity contribution in [1.82, 2.24) is 15.5 Å². The van der Waals surface area contributed by atoms with Gasteiger partial charge >= 0.3 is 0 Å². The predicted molar refractivity (Wildman–Crippen MR) is 101 cm³/mol. The van der Waals surface area contributed by atoms with Crippen LogP contribution in [0, 0.1) is 0 Å². The van der Waals surface area contributed by atoms with Crippen molar-refractivity contribution in [2.24, 2.45) is 0 Å². The molecule has 0 amide bonds. The summed E-state index contributed by atoms with van der Waals surface area (Å²) in [4.78, 5) is 2.31. The second-order valence-corrected chi connectivity index (χ2v) is 7.16. The Morgan fingerprint density at radius 2 is 2.31 bits per heavy atom. The van der Waals surface area contributed by atoms with Crippen molar-refractivity contribution < 1.29 is 9.47 Å². The third-order valence-corrected chi connectivity index (χ3v) is 5.16. The van der Waals surface area contributed by atoms with Crippen molar-refractivity contribution in [1.29, 1.82) is 0 Å². The molecule has 0 spiro atoms. The second kappa shape index (κ2) is 7.50. The van der Waals surface area contributed by atoms with E-state index >= 15 is 0 Å². The Balaban J connectivity index is 1.44. The Bertz CT molecular complexity index is 753. The van der Waals surface area contributed by atoms with Gasteiger partial charge in [0.15, 0.2) is 5.82 Å². The highest BCUT2D eigenvalue weighted by Crippen LogP contribution is 2.36. The molecular weight excluding hydrogens is 328 g/mol. The third-order valence-electron chi connectivity index (χ3n) is 5.16. The van der Waals surface area contributed by atoms with E-state index in [2.05, 4.69) is 39.5 Å². The van der Waals surface area contributed by atoms with Crippen LogP contribution in [0.15, 0.2) is 30.5 Å². The lowest BCUT2D eigenvalue weighted by molar-refractivity contribution is 0.251. The van der Waals surface area contributed by atoms with Crippen LogP contribution in [-0.4, -0.2) is 42.5 Å². The van der Waals surface area contributed by atoms with Gasteiger partial charge in [-0.05, 0) is 44.0 Å². The van der Waals surface area contributed by atoms with Crippen molar-refractivity contribution in [3.8, 4) is 11.5 Å². The Labute approximate surface area is 154 Å². The maximum atomic E-state index is 6.04. The van der Waals surface area contributed by atoms with E-state index in [0.29, 0.717) is 6.04 Å². The first-order valence-electron chi connectivity index (χ1n) is 9.35. The molecule has 1 N–H and O–H groups in total. The largest absolute Gasteiger partial charge is 0.497 e. The molecule has 2 atom stereocenters. The van der Waals surface area contributed by atoms with E-state index in [1.54, 1.807) is 13.3 Å². The Hall–Kier alpha value is -2.34. The summed E-state index contributed by atoms with van der Waals surface area (Å²) >= 11 is 0. The summed E-state index contributed by atoms with van der Waals surface area (Å²) in [6.45, 7) is 4.88. The highest BCUT2D eigenvalue weighted by molar-refractivity contribution is 5.50. The monoisotopic (exact) mass is 354 g/mol. The normalized spacial score (nSPS) is 22.0. The fourth-order valence-corrected chi connectivity index (χ4v) is 3.90. The smallest absolute Gasteiger partial charge is 0.151 e. The van der Waals surface area contributed by atoms with E-state index in [9.17, 15) is 0 Å². The number of ether oxygens (including phenoxy) is 2. The quantitative estimate of drug-likeness (QED) is 0.891. The molecule has 2 aliphatic heterocycles. The molecule has 3 heterocycles. The zero-order valence-corrected chi connectivity index (χ0v) is 15.4. The molecule has 6 nitrogen and oxygen atoms in total. The molecule has 2 aliphatic rings. The molecule has 0 bridgehead atoms. The van der Waals surface area contributed by atoms with Gasteiger partial charge in [-0.15, -0.1) is 5.10 Å². The molecular formula is C20H26N4O2. The molecule has 1 aromatic carbocycles. The first kappa shape index (κ1) is 17.1. The maximum Gasteiger partial charge on any atom is 0.151 e. The summed E-state index contributed by atoms with van der Waals surface area (Å²) < 4.78 is 11.5. The SMILES string of the molecule is COc1cc(CNC2CCCN(c3cccnn3)C2)c2c(c1)CC(C)O2. The first-order chi connectivity index (χ1) is 12.7. The van der Waals surface area contributed by atoms with Gasteiger partial charge in [-0.25, -0.2) is 0 Å². The van der Waals surface area contributed by atoms with E-state index in [1.165, 1.54) is 17.5 Å². The molecule has 4 rings (SSSR count). The van der Waals surface area contributed by atoms with Gasteiger partial charge in [-0.1, -0.05) is 0 Å². The fourth-order valence-electron chi connectivity index (χ4n) is 3.90. The molecule has 138 valence electrons. The zero-order chi connectivity index (χ0) is 17.9. The molecule has 1 aromatic heterocycles. The number of hydrogen-bond acceptors (Lipinski definition) is 6. The van der Waals surface area contributed by atoms with Crippen LogP contribution in [0.5, 0.6) is 11.5 Å². The van der Waals surface area contributed by atoms with E-state index in [1.807, 2.05) is 12.1 Å². The highest BCUT2D eigenvalue weighted by Gasteiger charge is 2.25. The third kappa shape index (κ3) is 3.60. The predicted octanol–water partition coefficient (Wildman–Crippen LogP) is 2.57. The molecule has 1 saturated heterocycles. The minimum Gasteiger partial charge on any atom is -0.497 e. The Morgan fingerprint density at radius 3 is 3.12 bits per heavy atom. The number of nitrogens with zero attached hydrogens (tertiary/aromatic N) is 3. The Kier molecular flexibility index (Phi) is 4.93. The lowest BCUT2D eigenvalue weighted by atomic mass is 10.0. The number of benzene rings is 1. The van der Waals surface area contributed by atoms with Crippen molar-refractivity contribution in [2.75, 3.05) is 25.1 Å². The van der Waals surface area contributed by atoms with Gasteiger partial charge in [0.1, 0.15) is 17.6 Å². The highest BCUT2D eigenvalue weighted by atomic mass is 16.5. The lowest BCUT2D eigenvalue weighted by Gasteiger charge is -2.33. The van der Waals surface area contributed by atoms with Crippen LogP contribution in [0.3, 0.4) is 0 Å². The minimum absolute atomic E-state index is 0.234. The average molecular weight is 354 g/mol. The van der Waals surface area contributed by atoms with E-state index in [-0.39, 0.29) is 6.10 Å². The van der Waals surface area contributed by atoms with E-state index in [4.69, 9.17) is 9.47 Å². The standard InChI is InChI=1S/C20H26N4O2/c1-14-9-15-10-18(25-2)11-16(20(15)26-14)12-21-17-5-4-8-24(13-17)19-6-3-7-22-23-19/h3,6-7,10-11,14,17,21H,4-5,8-9,12-13H2,1-2H3. The van der Waals surface area contributed by atoms with E-state index < -0.39 is 0 Å². The van der Waals surface area contributed by atoms with E-state index in [0.717, 1.165) is 49.8 Å². The molecule has 1 fully saturated rings. The second-order valence-electron chi connectivity index (χ2n) is 7.16. The van der Waals surface area contributed by atoms with Crippen LogP contribution in [0.25, 0.3) is 0 Å². The average Bonchev–Trinajstić information content (AvgIpc) is 3.07. The summed E-state index contributed by atoms with van der Waals surface area (Å²) in [5.41, 5.74) is 2.43. The van der Waals surface area contributed by atoms with Gasteiger partial charge in [-0.2, -0.15) is 5.10 Å². The summed E-state index contributed by atoms with van der Waals surface area (Å²) in [6.07, 6.45) is 5.22. The number of fused-ring (bicyclic) bond motifs is 1. The number of hydrogen-bond donors (Lipinski definition) is 1. The summed E-state index contributed by atoms with van der Waals surface area (Å²) in [7, 11) is 1.72. The van der Waals surface area contributed by atoms with Crippen LogP contribution in [0.1, 0.15) is 30.9 Å². The molecule has 0 radical (unpaired) electrons. The lowest BCUT2D eigenvalue weighted by Crippen LogP contribution is -2.45. The number of aromatic nitrogens is 2. The first-order valence-corrected chi connectivity index (χ1v) is 9.35. The molecule has 0 saturated carbocycles. The molecule has 6 heteroatoms. The van der Waals surface area contributed by atoms with Crippen LogP contribution in [0.4, 0.5) is 5.82 Å². The van der Waals surface area contributed by atoms with Crippen molar-refractivity contribution in [3.05, 3.63) is 41.6 Å². The molecule has 2 unspecified atom stereocenters. The zero-order valence-electron chi connectivity index (χ0n) is 15.4. The number of nitrogens with one attached hydrogen (secondary N) is 1. The number of methoxy groups -OCH3 is 1. The van der Waals surface area contributed by atoms with Gasteiger partial charge < -0.3 is 19.7 Å². The molecule has 0 aliphatic carbocycles. The molecule has 26 heavy (non-hydrogen) atoms. The Morgan fingerprint density at radius 1 is 1.38 bits per heavy atom. The summed E-state index contributed by atoms with van der Waals surface area (Å²) in [5.74, 6) is 2.90. The van der Waals surface area contributed by atoms with Crippen molar-refractivity contribution in [3.63, 3.8) is 0 Å². The van der Waals surface area contributed by atoms with Gasteiger partial charge in [0.05, 0.1) is 7.11 Å². The van der Waals surface area contributed by atoms with Crippen LogP contribution in [-0.2, 0) is 13.0 Å². The topological polar surface area (TPSA) is 59.5 Å². The number of piperidine rings is 1. The number of anilines is 1. The molecule has 2 aromatic rings. The van der Waals surface area contributed by atoms with Gasteiger partial charge in [0.25, 0.3) is 0 Å².